The van der Waals surface area contributed by atoms with Crippen LogP contribution in [-0.2, 0) is 16.8 Å². The SMILES string of the molecule is O=C(O)C(F)(F)F.O=C(c1ccccn1)N1CCC2(CCn3c2nnc(-c2ccccc2)c3=O)C1. The molecule has 0 aliphatic carbocycles. The highest BCUT2D eigenvalue weighted by Gasteiger charge is 2.48. The second-order valence-electron chi connectivity index (χ2n) is 8.22. The van der Waals surface area contributed by atoms with Crippen molar-refractivity contribution >= 4 is 11.9 Å². The molecular weight excluding hydrogens is 467 g/mol. The number of pyridine rings is 1. The highest BCUT2D eigenvalue weighted by Crippen LogP contribution is 2.41. The molecule has 1 atom stereocenters. The van der Waals surface area contributed by atoms with Crippen molar-refractivity contribution in [2.45, 2.75) is 31.0 Å². The number of likely N-dealkylation sites (tertiary alicyclic amines) is 1. The highest BCUT2D eigenvalue weighted by atomic mass is 19.4. The van der Waals surface area contributed by atoms with E-state index in [0.29, 0.717) is 36.8 Å². The van der Waals surface area contributed by atoms with Crippen molar-refractivity contribution < 1.29 is 27.9 Å². The maximum atomic E-state index is 13.0. The Balaban J connectivity index is 0.000000364. The summed E-state index contributed by atoms with van der Waals surface area (Å²) in [6, 6.07) is 14.7. The van der Waals surface area contributed by atoms with E-state index in [1.165, 1.54) is 0 Å². The zero-order chi connectivity index (χ0) is 25.2. The Hall–Kier alpha value is -4.09. The molecule has 2 aliphatic rings. The van der Waals surface area contributed by atoms with Gasteiger partial charge >= 0.3 is 12.1 Å². The summed E-state index contributed by atoms with van der Waals surface area (Å²) >= 11 is 0. The van der Waals surface area contributed by atoms with Gasteiger partial charge in [-0.25, -0.2) is 4.79 Å². The number of benzene rings is 1. The van der Waals surface area contributed by atoms with Crippen molar-refractivity contribution in [2.75, 3.05) is 13.1 Å². The number of carboxylic acids is 1. The molecule has 1 saturated heterocycles. The first-order chi connectivity index (χ1) is 16.6. The zero-order valence-corrected chi connectivity index (χ0v) is 18.3. The molecule has 1 unspecified atom stereocenters. The molecule has 1 fully saturated rings. The lowest BCUT2D eigenvalue weighted by molar-refractivity contribution is -0.192. The smallest absolute Gasteiger partial charge is 0.475 e. The van der Waals surface area contributed by atoms with Gasteiger partial charge in [0.15, 0.2) is 5.69 Å². The molecule has 4 heterocycles. The lowest BCUT2D eigenvalue weighted by Gasteiger charge is -2.22. The van der Waals surface area contributed by atoms with Crippen LogP contribution in [0.1, 0.15) is 29.2 Å². The third-order valence-electron chi connectivity index (χ3n) is 6.05. The van der Waals surface area contributed by atoms with Crippen molar-refractivity contribution in [1.82, 2.24) is 24.6 Å². The Kier molecular flexibility index (Phi) is 6.37. The van der Waals surface area contributed by atoms with Crippen molar-refractivity contribution in [2.24, 2.45) is 0 Å². The summed E-state index contributed by atoms with van der Waals surface area (Å²) in [6.07, 6.45) is -1.88. The van der Waals surface area contributed by atoms with Crippen LogP contribution in [0.5, 0.6) is 0 Å². The van der Waals surface area contributed by atoms with Gasteiger partial charge < -0.3 is 10.0 Å². The lowest BCUT2D eigenvalue weighted by atomic mass is 9.85. The highest BCUT2D eigenvalue weighted by molar-refractivity contribution is 5.92. The Morgan fingerprint density at radius 2 is 1.63 bits per heavy atom. The first-order valence-electron chi connectivity index (χ1n) is 10.7. The fourth-order valence-electron chi connectivity index (χ4n) is 4.32. The molecule has 182 valence electrons. The molecule has 35 heavy (non-hydrogen) atoms. The number of hydrogen-bond acceptors (Lipinski definition) is 6. The number of carbonyl (C=O) groups is 2. The molecule has 0 bridgehead atoms. The van der Waals surface area contributed by atoms with Crippen LogP contribution >= 0.6 is 0 Å². The number of halogens is 3. The van der Waals surface area contributed by atoms with Crippen LogP contribution in [0.25, 0.3) is 11.3 Å². The van der Waals surface area contributed by atoms with E-state index in [2.05, 4.69) is 15.2 Å². The van der Waals surface area contributed by atoms with Crippen LogP contribution in [0.15, 0.2) is 59.5 Å². The molecule has 1 N–H and O–H groups in total. The number of carboxylic acid groups (broad SMARTS) is 1. The van der Waals surface area contributed by atoms with E-state index in [1.807, 2.05) is 41.3 Å². The van der Waals surface area contributed by atoms with Gasteiger partial charge in [0.05, 0.1) is 5.41 Å². The second-order valence-corrected chi connectivity index (χ2v) is 8.22. The van der Waals surface area contributed by atoms with Crippen molar-refractivity contribution in [3.8, 4) is 11.3 Å². The minimum absolute atomic E-state index is 0.0767. The largest absolute Gasteiger partial charge is 0.490 e. The van der Waals surface area contributed by atoms with Crippen LogP contribution in [0.4, 0.5) is 13.2 Å². The molecule has 5 rings (SSSR count). The normalized spacial score (nSPS) is 18.7. The number of hydrogen-bond donors (Lipinski definition) is 1. The number of aromatic nitrogens is 4. The standard InChI is InChI=1S/C21H19N5O2.C2HF3O2/c27-18(16-8-4-5-11-22-16)25-12-9-21(14-25)10-13-26-19(28)17(23-24-20(21)26)15-6-2-1-3-7-15;3-2(4,5)1(6)7/h1-8,11H,9-10,12-14H2;(H,6,7). The lowest BCUT2D eigenvalue weighted by Crippen LogP contribution is -2.35. The maximum Gasteiger partial charge on any atom is 0.490 e. The first-order valence-corrected chi connectivity index (χ1v) is 10.7. The van der Waals surface area contributed by atoms with Gasteiger partial charge in [0.25, 0.3) is 11.5 Å². The summed E-state index contributed by atoms with van der Waals surface area (Å²) < 4.78 is 33.5. The summed E-state index contributed by atoms with van der Waals surface area (Å²) in [5.74, 6) is -2.13. The predicted octanol–water partition coefficient (Wildman–Crippen LogP) is 2.52. The topological polar surface area (TPSA) is 118 Å². The summed E-state index contributed by atoms with van der Waals surface area (Å²) in [5.41, 5.74) is 1.18. The summed E-state index contributed by atoms with van der Waals surface area (Å²) in [6.45, 7) is 1.78. The van der Waals surface area contributed by atoms with Crippen LogP contribution < -0.4 is 5.56 Å². The van der Waals surface area contributed by atoms with Gasteiger partial charge in [0, 0.05) is 31.4 Å². The van der Waals surface area contributed by atoms with Crippen LogP contribution in [0.3, 0.4) is 0 Å². The Morgan fingerprint density at radius 3 is 2.26 bits per heavy atom. The fourth-order valence-corrected chi connectivity index (χ4v) is 4.32. The van der Waals surface area contributed by atoms with Gasteiger partial charge in [-0.2, -0.15) is 13.2 Å². The molecule has 12 heteroatoms. The van der Waals surface area contributed by atoms with E-state index < -0.39 is 12.1 Å². The minimum atomic E-state index is -5.08. The molecule has 1 spiro atoms. The quantitative estimate of drug-likeness (QED) is 0.590. The molecule has 2 aromatic heterocycles. The number of carbonyl (C=O) groups excluding carboxylic acids is 1. The average molecular weight is 487 g/mol. The second kappa shape index (κ2) is 9.28. The van der Waals surface area contributed by atoms with Crippen LogP contribution in [0, 0.1) is 0 Å². The van der Waals surface area contributed by atoms with E-state index in [-0.39, 0.29) is 16.9 Å². The van der Waals surface area contributed by atoms with Gasteiger partial charge in [-0.05, 0) is 25.0 Å². The number of amides is 1. The third-order valence-corrected chi connectivity index (χ3v) is 6.05. The third kappa shape index (κ3) is 4.77. The molecule has 1 aromatic carbocycles. The van der Waals surface area contributed by atoms with Crippen LogP contribution in [-0.4, -0.2) is 60.9 Å². The fraction of sp³-hybridized carbons (Fsp3) is 0.304. The maximum absolute atomic E-state index is 13.0. The van der Waals surface area contributed by atoms with Gasteiger partial charge in [0.2, 0.25) is 0 Å². The van der Waals surface area contributed by atoms with Crippen LogP contribution in [0.2, 0.25) is 0 Å². The van der Waals surface area contributed by atoms with Gasteiger partial charge in [-0.1, -0.05) is 36.4 Å². The number of fused-ring (bicyclic) bond motifs is 2. The number of aliphatic carboxylic acids is 1. The number of alkyl halides is 3. The summed E-state index contributed by atoms with van der Waals surface area (Å²) in [5, 5.41) is 15.9. The number of nitrogens with zero attached hydrogens (tertiary/aromatic N) is 5. The molecule has 9 nitrogen and oxygen atoms in total. The Labute approximate surface area is 196 Å². The van der Waals surface area contributed by atoms with E-state index in [0.717, 1.165) is 18.4 Å². The van der Waals surface area contributed by atoms with Crippen molar-refractivity contribution in [1.29, 1.82) is 0 Å². The van der Waals surface area contributed by atoms with Crippen molar-refractivity contribution in [3.63, 3.8) is 0 Å². The Morgan fingerprint density at radius 1 is 0.971 bits per heavy atom. The van der Waals surface area contributed by atoms with E-state index in [9.17, 15) is 22.8 Å². The predicted molar refractivity (Wildman–Crippen MR) is 116 cm³/mol. The molecule has 3 aromatic rings. The molecule has 2 aliphatic heterocycles. The minimum Gasteiger partial charge on any atom is -0.475 e. The van der Waals surface area contributed by atoms with Gasteiger partial charge in [0.1, 0.15) is 11.5 Å². The molecule has 1 amide bonds. The van der Waals surface area contributed by atoms with E-state index in [4.69, 9.17) is 9.90 Å². The summed E-state index contributed by atoms with van der Waals surface area (Å²) in [4.78, 5) is 40.7. The molecule has 0 saturated carbocycles. The average Bonchev–Trinajstić information content (AvgIpc) is 3.45. The molecule has 0 radical (unpaired) electrons. The van der Waals surface area contributed by atoms with Gasteiger partial charge in [-0.15, -0.1) is 10.2 Å². The van der Waals surface area contributed by atoms with Gasteiger partial charge in [-0.3, -0.25) is 19.1 Å². The zero-order valence-electron chi connectivity index (χ0n) is 18.3. The van der Waals surface area contributed by atoms with E-state index in [1.54, 1.807) is 22.9 Å². The monoisotopic (exact) mass is 487 g/mol. The molecular formula is C23H20F3N5O4. The van der Waals surface area contributed by atoms with E-state index >= 15 is 0 Å². The summed E-state index contributed by atoms with van der Waals surface area (Å²) in [7, 11) is 0. The Bertz CT molecular complexity index is 1300. The first kappa shape index (κ1) is 24.0. The number of rotatable bonds is 2. The van der Waals surface area contributed by atoms with Crippen molar-refractivity contribution in [3.05, 3.63) is 76.6 Å².